The van der Waals surface area contributed by atoms with E-state index in [1.54, 1.807) is 17.5 Å². The van der Waals surface area contributed by atoms with Gasteiger partial charge >= 0.3 is 6.03 Å². The number of hydrogen-bond donors (Lipinski definition) is 2. The smallest absolute Gasteiger partial charge is 0.321 e. The number of amides is 2. The lowest BCUT2D eigenvalue weighted by molar-refractivity contribution is 0.251. The van der Waals surface area contributed by atoms with Crippen LogP contribution in [0.5, 0.6) is 0 Å². The highest BCUT2D eigenvalue weighted by Crippen LogP contribution is 2.31. The predicted molar refractivity (Wildman–Crippen MR) is 94.4 cm³/mol. The summed E-state index contributed by atoms with van der Waals surface area (Å²) in [7, 11) is 0. The van der Waals surface area contributed by atoms with Crippen LogP contribution < -0.4 is 10.6 Å². The Morgan fingerprint density at radius 2 is 2.38 bits per heavy atom. The number of carbonyl (C=O) groups excluding carboxylic acids is 1. The van der Waals surface area contributed by atoms with Crippen LogP contribution in [-0.4, -0.2) is 20.4 Å². The maximum absolute atomic E-state index is 12.1. The van der Waals surface area contributed by atoms with Gasteiger partial charge in [0.15, 0.2) is 5.13 Å². The Balaban J connectivity index is 1.36. The number of rotatable bonds is 3. The van der Waals surface area contributed by atoms with Gasteiger partial charge < -0.3 is 9.72 Å². The molecule has 3 aromatic heterocycles. The van der Waals surface area contributed by atoms with E-state index in [-0.39, 0.29) is 6.03 Å². The molecule has 0 saturated carbocycles. The van der Waals surface area contributed by atoms with Crippen molar-refractivity contribution in [2.45, 2.75) is 32.7 Å². The molecule has 124 valence electrons. The molecule has 0 aliphatic heterocycles. The summed E-state index contributed by atoms with van der Waals surface area (Å²) in [5.41, 5.74) is 3.03. The molecule has 2 N–H and O–H groups in total. The van der Waals surface area contributed by atoms with Crippen molar-refractivity contribution in [2.24, 2.45) is 5.92 Å². The van der Waals surface area contributed by atoms with E-state index in [2.05, 4.69) is 27.5 Å². The second kappa shape index (κ2) is 6.24. The van der Waals surface area contributed by atoms with E-state index in [0.717, 1.165) is 29.7 Å². The zero-order chi connectivity index (χ0) is 16.5. The molecule has 6 nitrogen and oxygen atoms in total. The molecule has 1 atom stereocenters. The third-order valence-corrected chi connectivity index (χ3v) is 5.36. The van der Waals surface area contributed by atoms with Gasteiger partial charge in [-0.3, -0.25) is 5.32 Å². The molecule has 0 saturated heterocycles. The van der Waals surface area contributed by atoms with Gasteiger partial charge in [0.2, 0.25) is 0 Å². The monoisotopic (exact) mass is 341 g/mol. The third kappa shape index (κ3) is 3.12. The second-order valence-electron chi connectivity index (χ2n) is 6.27. The minimum Gasteiger partial charge on any atom is -0.334 e. The minimum absolute atomic E-state index is 0.225. The lowest BCUT2D eigenvalue weighted by Crippen LogP contribution is -2.28. The summed E-state index contributed by atoms with van der Waals surface area (Å²) >= 11 is 1.60. The highest BCUT2D eigenvalue weighted by molar-refractivity contribution is 7.15. The molecule has 0 aromatic carbocycles. The van der Waals surface area contributed by atoms with Gasteiger partial charge in [-0.15, -0.1) is 11.3 Å². The highest BCUT2D eigenvalue weighted by atomic mass is 32.1. The number of pyridine rings is 1. The van der Waals surface area contributed by atoms with Crippen LogP contribution in [0.2, 0.25) is 0 Å². The standard InChI is InChI=1S/C17H19N5OS/c1-11-2-3-13-14(8-11)24-17(20-13)21-16(23)19-10-12-4-6-22-7-5-18-15(22)9-12/h4-7,9,11H,2-3,8,10H2,1H3,(H2,19,20,21,23). The maximum atomic E-state index is 12.1. The van der Waals surface area contributed by atoms with E-state index in [4.69, 9.17) is 0 Å². The first-order chi connectivity index (χ1) is 11.7. The predicted octanol–water partition coefficient (Wildman–Crippen LogP) is 3.24. The van der Waals surface area contributed by atoms with Crippen LogP contribution in [0.25, 0.3) is 5.65 Å². The van der Waals surface area contributed by atoms with Gasteiger partial charge in [-0.2, -0.15) is 0 Å². The van der Waals surface area contributed by atoms with Gasteiger partial charge in [0, 0.05) is 30.0 Å². The Morgan fingerprint density at radius 1 is 1.46 bits per heavy atom. The molecule has 1 aliphatic rings. The first-order valence-corrected chi connectivity index (χ1v) is 8.94. The number of nitrogens with zero attached hydrogens (tertiary/aromatic N) is 3. The SMILES string of the molecule is CC1CCc2nc(NC(=O)NCc3ccn4ccnc4c3)sc2C1. The number of fused-ring (bicyclic) bond motifs is 2. The highest BCUT2D eigenvalue weighted by Gasteiger charge is 2.20. The molecule has 1 aliphatic carbocycles. The average molecular weight is 341 g/mol. The minimum atomic E-state index is -0.225. The van der Waals surface area contributed by atoms with Crippen LogP contribution in [0.4, 0.5) is 9.93 Å². The van der Waals surface area contributed by atoms with Gasteiger partial charge in [-0.1, -0.05) is 6.92 Å². The molecule has 24 heavy (non-hydrogen) atoms. The van der Waals surface area contributed by atoms with Crippen molar-refractivity contribution in [1.29, 1.82) is 0 Å². The Bertz CT molecular complexity index is 884. The Hall–Kier alpha value is -2.41. The van der Waals surface area contributed by atoms with E-state index in [1.165, 1.54) is 11.3 Å². The van der Waals surface area contributed by atoms with E-state index >= 15 is 0 Å². The summed E-state index contributed by atoms with van der Waals surface area (Å²) in [4.78, 5) is 22.2. The van der Waals surface area contributed by atoms with Crippen LogP contribution >= 0.6 is 11.3 Å². The fourth-order valence-electron chi connectivity index (χ4n) is 2.98. The second-order valence-corrected chi connectivity index (χ2v) is 7.36. The molecular weight excluding hydrogens is 322 g/mol. The Labute approximate surface area is 143 Å². The van der Waals surface area contributed by atoms with Crippen molar-refractivity contribution in [2.75, 3.05) is 5.32 Å². The zero-order valence-electron chi connectivity index (χ0n) is 13.5. The summed E-state index contributed by atoms with van der Waals surface area (Å²) in [6.45, 7) is 2.72. The Morgan fingerprint density at radius 3 is 3.29 bits per heavy atom. The van der Waals surface area contributed by atoms with Crippen molar-refractivity contribution in [3.8, 4) is 0 Å². The molecule has 0 spiro atoms. The van der Waals surface area contributed by atoms with Crippen LogP contribution in [0.1, 0.15) is 29.5 Å². The van der Waals surface area contributed by atoms with Crippen molar-refractivity contribution in [1.82, 2.24) is 19.7 Å². The summed E-state index contributed by atoms with van der Waals surface area (Å²) in [5.74, 6) is 0.706. The number of aromatic nitrogens is 3. The number of carbonyl (C=O) groups is 1. The number of aryl methyl sites for hydroxylation is 1. The normalized spacial score (nSPS) is 16.8. The number of hydrogen-bond acceptors (Lipinski definition) is 4. The van der Waals surface area contributed by atoms with Crippen molar-refractivity contribution in [3.05, 3.63) is 46.9 Å². The quantitative estimate of drug-likeness (QED) is 0.768. The Kier molecular flexibility index (Phi) is 3.93. The zero-order valence-corrected chi connectivity index (χ0v) is 14.3. The molecule has 2 amide bonds. The number of urea groups is 1. The van der Waals surface area contributed by atoms with Crippen LogP contribution in [0, 0.1) is 5.92 Å². The molecule has 0 fully saturated rings. The van der Waals surface area contributed by atoms with Crippen molar-refractivity contribution in [3.63, 3.8) is 0 Å². The number of thiazole rings is 1. The van der Waals surface area contributed by atoms with E-state index < -0.39 is 0 Å². The van der Waals surface area contributed by atoms with Gasteiger partial charge in [0.25, 0.3) is 0 Å². The molecule has 3 aromatic rings. The van der Waals surface area contributed by atoms with Crippen LogP contribution in [0.3, 0.4) is 0 Å². The molecule has 7 heteroatoms. The fourth-order valence-corrected chi connectivity index (χ4v) is 4.15. The van der Waals surface area contributed by atoms with Crippen molar-refractivity contribution >= 4 is 28.1 Å². The van der Waals surface area contributed by atoms with E-state index in [1.807, 2.05) is 28.9 Å². The maximum Gasteiger partial charge on any atom is 0.321 e. The molecule has 4 rings (SSSR count). The molecule has 0 bridgehead atoms. The van der Waals surface area contributed by atoms with Crippen LogP contribution in [0.15, 0.2) is 30.7 Å². The first-order valence-electron chi connectivity index (χ1n) is 8.12. The van der Waals surface area contributed by atoms with E-state index in [0.29, 0.717) is 17.6 Å². The lowest BCUT2D eigenvalue weighted by atomic mass is 9.93. The molecule has 0 radical (unpaired) electrons. The molecule has 3 heterocycles. The lowest BCUT2D eigenvalue weighted by Gasteiger charge is -2.15. The average Bonchev–Trinajstić information content (AvgIpc) is 3.17. The topological polar surface area (TPSA) is 71.3 Å². The summed E-state index contributed by atoms with van der Waals surface area (Å²) in [6.07, 6.45) is 8.85. The summed E-state index contributed by atoms with van der Waals surface area (Å²) in [6, 6.07) is 3.71. The van der Waals surface area contributed by atoms with Gasteiger partial charge in [0.05, 0.1) is 5.69 Å². The largest absolute Gasteiger partial charge is 0.334 e. The van der Waals surface area contributed by atoms with Crippen molar-refractivity contribution < 1.29 is 4.79 Å². The third-order valence-electron chi connectivity index (χ3n) is 4.32. The van der Waals surface area contributed by atoms with Gasteiger partial charge in [0.1, 0.15) is 5.65 Å². The van der Waals surface area contributed by atoms with E-state index in [9.17, 15) is 4.79 Å². The number of imidazole rings is 1. The molecular formula is C17H19N5OS. The van der Waals surface area contributed by atoms with Gasteiger partial charge in [-0.05, 0) is 42.9 Å². The molecule has 1 unspecified atom stereocenters. The number of nitrogens with one attached hydrogen (secondary N) is 2. The summed E-state index contributed by atoms with van der Waals surface area (Å²) < 4.78 is 1.94. The van der Waals surface area contributed by atoms with Crippen LogP contribution in [-0.2, 0) is 19.4 Å². The first kappa shape index (κ1) is 15.1. The van der Waals surface area contributed by atoms with Gasteiger partial charge in [-0.25, -0.2) is 14.8 Å². The number of anilines is 1. The fraction of sp³-hybridized carbons (Fsp3) is 0.353. The summed E-state index contributed by atoms with van der Waals surface area (Å²) in [5, 5.41) is 6.42.